The number of carboxylic acids is 1. The van der Waals surface area contributed by atoms with E-state index in [4.69, 9.17) is 4.52 Å². The Kier molecular flexibility index (Phi) is 4.74. The minimum absolute atomic E-state index is 0.320. The third kappa shape index (κ3) is 3.23. The fraction of sp³-hybridized carbons (Fsp3) is 0.0455. The molecule has 1 aliphatic rings. The minimum atomic E-state index is -3.91. The van der Waals surface area contributed by atoms with E-state index in [9.17, 15) is 19.6 Å². The highest BCUT2D eigenvalue weighted by Crippen LogP contribution is 2.51. The van der Waals surface area contributed by atoms with Crippen LogP contribution in [-0.4, -0.2) is 21.9 Å². The molecule has 7 heteroatoms. The quantitative estimate of drug-likeness (QED) is 0.558. The van der Waals surface area contributed by atoms with Gasteiger partial charge in [-0.15, -0.1) is 0 Å². The zero-order valence-electron chi connectivity index (χ0n) is 15.2. The molecule has 4 rings (SSSR count). The number of carboxylic acid groups (broad SMARTS) is 1. The Morgan fingerprint density at radius 3 is 1.93 bits per heavy atom. The van der Waals surface area contributed by atoms with Gasteiger partial charge in [0.25, 0.3) is 7.37 Å². The van der Waals surface area contributed by atoms with Crippen LogP contribution in [0.25, 0.3) is 6.08 Å². The van der Waals surface area contributed by atoms with E-state index in [0.29, 0.717) is 21.9 Å². The Labute approximate surface area is 167 Å². The average Bonchev–Trinajstić information content (AvgIpc) is 2.75. The van der Waals surface area contributed by atoms with Crippen LogP contribution in [0.4, 0.5) is 5.69 Å². The van der Waals surface area contributed by atoms with Crippen LogP contribution in [0.1, 0.15) is 5.56 Å². The lowest BCUT2D eigenvalue weighted by Crippen LogP contribution is -2.52. The molecule has 3 aromatic rings. The summed E-state index contributed by atoms with van der Waals surface area (Å²) in [6.07, 6.45) is 1.31. The Morgan fingerprint density at radius 2 is 1.38 bits per heavy atom. The van der Waals surface area contributed by atoms with Crippen LogP contribution >= 0.6 is 7.37 Å². The normalized spacial score (nSPS) is 18.3. The molecule has 0 fully saturated rings. The summed E-state index contributed by atoms with van der Waals surface area (Å²) in [7, 11) is -3.91. The molecule has 146 valence electrons. The third-order valence-corrected chi connectivity index (χ3v) is 7.17. The summed E-state index contributed by atoms with van der Waals surface area (Å²) in [6, 6.07) is 23.6. The molecule has 1 heterocycles. The number of rotatable bonds is 5. The highest BCUT2D eigenvalue weighted by Gasteiger charge is 2.52. The Morgan fingerprint density at radius 1 is 0.862 bits per heavy atom. The molecule has 1 aliphatic heterocycles. The van der Waals surface area contributed by atoms with Crippen LogP contribution in [0.2, 0.25) is 0 Å². The third-order valence-electron chi connectivity index (χ3n) is 4.68. The summed E-state index contributed by atoms with van der Waals surface area (Å²) in [5.74, 6) is -2.09. The van der Waals surface area contributed by atoms with Gasteiger partial charge in [0.1, 0.15) is 0 Å². The van der Waals surface area contributed by atoms with E-state index in [2.05, 4.69) is 5.32 Å². The zero-order valence-corrected chi connectivity index (χ0v) is 16.1. The first-order valence-corrected chi connectivity index (χ1v) is 10.5. The van der Waals surface area contributed by atoms with E-state index < -0.39 is 24.8 Å². The number of hydrogen-bond donors (Lipinski definition) is 3. The van der Waals surface area contributed by atoms with Crippen molar-refractivity contribution in [1.29, 1.82) is 0 Å². The molecule has 0 bridgehead atoms. The number of aliphatic carboxylic acids is 1. The standard InChI is InChI=1S/C22H18NO5P/c24-20-15-16-9-7-8-14-19(16)23-22(20,21(25)26)28-29(27,17-10-3-1-4-11-17)18-12-5-2-6-13-18/h1-15,23-24H,(H,25,26). The van der Waals surface area contributed by atoms with Gasteiger partial charge >= 0.3 is 11.7 Å². The average molecular weight is 407 g/mol. The van der Waals surface area contributed by atoms with Crippen LogP contribution in [0.15, 0.2) is 90.7 Å². The van der Waals surface area contributed by atoms with Gasteiger partial charge in [-0.25, -0.2) is 4.79 Å². The number of aliphatic hydroxyl groups is 1. The summed E-state index contributed by atoms with van der Waals surface area (Å²) in [5.41, 5.74) is -1.37. The molecule has 0 saturated heterocycles. The summed E-state index contributed by atoms with van der Waals surface area (Å²) in [4.78, 5) is 12.3. The van der Waals surface area contributed by atoms with Gasteiger partial charge in [-0.1, -0.05) is 54.6 Å². The molecule has 1 atom stereocenters. The number of carbonyl (C=O) groups is 1. The first-order valence-electron chi connectivity index (χ1n) is 8.89. The smallest absolute Gasteiger partial charge is 0.366 e. The van der Waals surface area contributed by atoms with Gasteiger partial charge in [-0.2, -0.15) is 0 Å². The van der Waals surface area contributed by atoms with Crippen LogP contribution < -0.4 is 15.9 Å². The van der Waals surface area contributed by atoms with Gasteiger partial charge < -0.3 is 15.5 Å². The van der Waals surface area contributed by atoms with Crippen molar-refractivity contribution in [2.24, 2.45) is 0 Å². The summed E-state index contributed by atoms with van der Waals surface area (Å²) < 4.78 is 20.1. The maximum Gasteiger partial charge on any atom is 0.366 e. The monoisotopic (exact) mass is 407 g/mol. The second kappa shape index (κ2) is 7.24. The van der Waals surface area contributed by atoms with Gasteiger partial charge in [-0.3, -0.25) is 9.09 Å². The molecule has 0 saturated carbocycles. The van der Waals surface area contributed by atoms with E-state index in [1.807, 2.05) is 0 Å². The van der Waals surface area contributed by atoms with E-state index in [1.54, 1.807) is 84.9 Å². The number of benzene rings is 3. The van der Waals surface area contributed by atoms with Crippen molar-refractivity contribution in [2.45, 2.75) is 5.72 Å². The summed E-state index contributed by atoms with van der Waals surface area (Å²) in [5, 5.41) is 24.1. The fourth-order valence-electron chi connectivity index (χ4n) is 3.21. The second-order valence-corrected chi connectivity index (χ2v) is 8.86. The van der Waals surface area contributed by atoms with Crippen molar-refractivity contribution >= 4 is 35.7 Å². The number of fused-ring (bicyclic) bond motifs is 1. The lowest BCUT2D eigenvalue weighted by molar-refractivity contribution is -0.151. The molecule has 29 heavy (non-hydrogen) atoms. The Balaban J connectivity index is 1.89. The SMILES string of the molecule is O=C(O)C1(OP(=O)(c2ccccc2)c2ccccc2)Nc2ccccc2C=C1O. The van der Waals surface area contributed by atoms with Crippen molar-refractivity contribution in [3.8, 4) is 0 Å². The van der Waals surface area contributed by atoms with Crippen LogP contribution in [0.3, 0.4) is 0 Å². The van der Waals surface area contributed by atoms with Gasteiger partial charge in [0.15, 0.2) is 5.76 Å². The van der Waals surface area contributed by atoms with E-state index in [1.165, 1.54) is 6.08 Å². The van der Waals surface area contributed by atoms with Crippen LogP contribution in [-0.2, 0) is 13.9 Å². The number of anilines is 1. The van der Waals surface area contributed by atoms with Gasteiger partial charge in [0.05, 0.1) is 0 Å². The maximum absolute atomic E-state index is 14.2. The number of hydrogen-bond acceptors (Lipinski definition) is 5. The number of para-hydroxylation sites is 1. The van der Waals surface area contributed by atoms with Crippen molar-refractivity contribution in [1.82, 2.24) is 0 Å². The summed E-state index contributed by atoms with van der Waals surface area (Å²) >= 11 is 0. The Bertz CT molecular complexity index is 1090. The molecule has 0 radical (unpaired) electrons. The maximum atomic E-state index is 14.2. The number of nitrogens with one attached hydrogen (secondary N) is 1. The zero-order chi connectivity index (χ0) is 20.5. The van der Waals surface area contributed by atoms with E-state index >= 15 is 0 Å². The van der Waals surface area contributed by atoms with Crippen molar-refractivity contribution in [3.05, 3.63) is 96.3 Å². The molecule has 0 spiro atoms. The van der Waals surface area contributed by atoms with Crippen LogP contribution in [0.5, 0.6) is 0 Å². The molecule has 0 aliphatic carbocycles. The van der Waals surface area contributed by atoms with E-state index in [-0.39, 0.29) is 0 Å². The first kappa shape index (κ1) is 19.0. The fourth-order valence-corrected chi connectivity index (χ4v) is 5.45. The highest BCUT2D eigenvalue weighted by molar-refractivity contribution is 7.74. The largest absolute Gasteiger partial charge is 0.507 e. The van der Waals surface area contributed by atoms with Crippen molar-refractivity contribution < 1.29 is 24.1 Å². The number of aliphatic hydroxyl groups excluding tert-OH is 1. The lowest BCUT2D eigenvalue weighted by Gasteiger charge is -2.37. The Hall–Kier alpha value is -3.34. The first-order chi connectivity index (χ1) is 14.0. The minimum Gasteiger partial charge on any atom is -0.507 e. The van der Waals surface area contributed by atoms with Crippen molar-refractivity contribution in [2.75, 3.05) is 5.32 Å². The van der Waals surface area contributed by atoms with Gasteiger partial charge in [-0.05, 0) is 36.4 Å². The van der Waals surface area contributed by atoms with E-state index in [0.717, 1.165) is 0 Å². The molecule has 0 amide bonds. The lowest BCUT2D eigenvalue weighted by atomic mass is 10.0. The predicted octanol–water partition coefficient (Wildman–Crippen LogP) is 3.74. The predicted molar refractivity (Wildman–Crippen MR) is 112 cm³/mol. The summed E-state index contributed by atoms with van der Waals surface area (Å²) in [6.45, 7) is 0. The van der Waals surface area contributed by atoms with Gasteiger partial charge in [0, 0.05) is 21.9 Å². The molecular formula is C22H18NO5P. The molecule has 6 nitrogen and oxygen atoms in total. The van der Waals surface area contributed by atoms with Crippen LogP contribution in [0, 0.1) is 0 Å². The van der Waals surface area contributed by atoms with Crippen molar-refractivity contribution in [3.63, 3.8) is 0 Å². The van der Waals surface area contributed by atoms with Gasteiger partial charge in [0.2, 0.25) is 0 Å². The molecule has 0 aromatic heterocycles. The molecule has 1 unspecified atom stereocenters. The molecule has 3 N–H and O–H groups in total. The second-order valence-electron chi connectivity index (χ2n) is 6.54. The topological polar surface area (TPSA) is 95.9 Å². The molecule has 3 aromatic carbocycles. The highest BCUT2D eigenvalue weighted by atomic mass is 31.2. The molecular weight excluding hydrogens is 389 g/mol.